The van der Waals surface area contributed by atoms with Crippen LogP contribution in [0.3, 0.4) is 0 Å². The van der Waals surface area contributed by atoms with Crippen molar-refractivity contribution in [1.29, 1.82) is 0 Å². The number of urea groups is 1. The number of furan rings is 1. The summed E-state index contributed by atoms with van der Waals surface area (Å²) in [4.78, 5) is 13.6. The minimum absolute atomic E-state index is 0.105. The van der Waals surface area contributed by atoms with Crippen molar-refractivity contribution in [2.24, 2.45) is 5.92 Å². The van der Waals surface area contributed by atoms with E-state index in [0.717, 1.165) is 18.6 Å². The fourth-order valence-electron chi connectivity index (χ4n) is 2.28. The molecule has 2 atom stereocenters. The Balaban J connectivity index is 1.53. The average molecular weight is 296 g/mol. The first-order chi connectivity index (χ1) is 10.2. The lowest BCUT2D eigenvalue weighted by Crippen LogP contribution is -2.49. The molecule has 2 amide bonds. The molecule has 6 heteroatoms. The van der Waals surface area contributed by atoms with Crippen LogP contribution in [-0.2, 0) is 11.3 Å². The number of carbonyl (C=O) groups is 1. The number of hydrogen-bond donors (Lipinski definition) is 2. The Bertz CT molecular complexity index is 421. The summed E-state index contributed by atoms with van der Waals surface area (Å²) in [7, 11) is 0. The maximum atomic E-state index is 11.9. The van der Waals surface area contributed by atoms with E-state index in [-0.39, 0.29) is 11.9 Å². The van der Waals surface area contributed by atoms with Crippen LogP contribution < -0.4 is 5.32 Å². The number of nitrogens with zero attached hydrogens (tertiary/aromatic N) is 1. The molecule has 1 aromatic heterocycles. The highest BCUT2D eigenvalue weighted by atomic mass is 16.5. The van der Waals surface area contributed by atoms with E-state index in [2.05, 4.69) is 5.32 Å². The van der Waals surface area contributed by atoms with Crippen molar-refractivity contribution in [2.75, 3.05) is 26.2 Å². The van der Waals surface area contributed by atoms with Crippen molar-refractivity contribution in [2.45, 2.75) is 32.5 Å². The molecule has 0 bridgehead atoms. The van der Waals surface area contributed by atoms with E-state index in [4.69, 9.17) is 9.15 Å². The van der Waals surface area contributed by atoms with Gasteiger partial charge in [0, 0.05) is 26.2 Å². The van der Waals surface area contributed by atoms with Gasteiger partial charge in [-0.15, -0.1) is 0 Å². The van der Waals surface area contributed by atoms with Gasteiger partial charge in [0.2, 0.25) is 0 Å². The molecule has 1 aliphatic heterocycles. The summed E-state index contributed by atoms with van der Waals surface area (Å²) < 4.78 is 10.6. The van der Waals surface area contributed by atoms with Gasteiger partial charge in [0.05, 0.1) is 12.4 Å². The lowest BCUT2D eigenvalue weighted by Gasteiger charge is -2.34. The first-order valence-electron chi connectivity index (χ1n) is 7.48. The number of piperidine rings is 1. The van der Waals surface area contributed by atoms with Gasteiger partial charge in [-0.3, -0.25) is 0 Å². The maximum absolute atomic E-state index is 11.9. The van der Waals surface area contributed by atoms with Crippen LogP contribution in [0.15, 0.2) is 22.8 Å². The van der Waals surface area contributed by atoms with Crippen molar-refractivity contribution in [3.8, 4) is 0 Å². The van der Waals surface area contributed by atoms with E-state index in [1.54, 1.807) is 11.2 Å². The molecule has 1 aliphatic rings. The number of carbonyl (C=O) groups excluding carboxylic acids is 1. The van der Waals surface area contributed by atoms with Gasteiger partial charge in [-0.05, 0) is 30.9 Å². The van der Waals surface area contributed by atoms with Crippen molar-refractivity contribution in [3.63, 3.8) is 0 Å². The third kappa shape index (κ3) is 5.06. The van der Waals surface area contributed by atoms with Gasteiger partial charge in [-0.25, -0.2) is 4.79 Å². The summed E-state index contributed by atoms with van der Waals surface area (Å²) in [5.41, 5.74) is 0. The second-order valence-electron chi connectivity index (χ2n) is 5.50. The van der Waals surface area contributed by atoms with Crippen LogP contribution in [0.4, 0.5) is 4.79 Å². The molecule has 0 saturated carbocycles. The summed E-state index contributed by atoms with van der Waals surface area (Å²) >= 11 is 0. The molecule has 6 nitrogen and oxygen atoms in total. The zero-order valence-electron chi connectivity index (χ0n) is 12.5. The van der Waals surface area contributed by atoms with Gasteiger partial charge in [-0.1, -0.05) is 6.92 Å². The highest BCUT2D eigenvalue weighted by molar-refractivity contribution is 5.74. The smallest absolute Gasteiger partial charge is 0.317 e. The minimum Gasteiger partial charge on any atom is -0.467 e. The topological polar surface area (TPSA) is 74.9 Å². The molecule has 0 radical (unpaired) electrons. The number of β-amino-alcohol motifs (C(OH)–C–C–N with tert-alkyl or cyclic N) is 1. The highest BCUT2D eigenvalue weighted by Gasteiger charge is 2.26. The number of aliphatic hydroxyl groups is 1. The summed E-state index contributed by atoms with van der Waals surface area (Å²) in [5.74, 6) is 1.07. The zero-order valence-corrected chi connectivity index (χ0v) is 12.5. The molecule has 21 heavy (non-hydrogen) atoms. The van der Waals surface area contributed by atoms with Crippen LogP contribution in [0.1, 0.15) is 25.5 Å². The molecule has 2 N–H and O–H groups in total. The Morgan fingerprint density at radius 3 is 3.19 bits per heavy atom. The first kappa shape index (κ1) is 15.9. The molecule has 1 saturated heterocycles. The van der Waals surface area contributed by atoms with Crippen molar-refractivity contribution in [3.05, 3.63) is 24.2 Å². The van der Waals surface area contributed by atoms with Gasteiger partial charge < -0.3 is 24.5 Å². The number of likely N-dealkylation sites (tertiary alicyclic amines) is 1. The first-order valence-corrected chi connectivity index (χ1v) is 7.48. The summed E-state index contributed by atoms with van der Waals surface area (Å²) in [6.45, 7) is 4.73. The highest BCUT2D eigenvalue weighted by Crippen LogP contribution is 2.16. The number of ether oxygens (including phenoxy) is 1. The molecule has 2 heterocycles. The molecule has 0 aliphatic carbocycles. The molecule has 1 fully saturated rings. The monoisotopic (exact) mass is 296 g/mol. The van der Waals surface area contributed by atoms with Gasteiger partial charge in [-0.2, -0.15) is 0 Å². The van der Waals surface area contributed by atoms with Crippen LogP contribution in [-0.4, -0.2) is 48.4 Å². The summed E-state index contributed by atoms with van der Waals surface area (Å²) in [5, 5.41) is 12.6. The summed E-state index contributed by atoms with van der Waals surface area (Å²) in [6.07, 6.45) is 2.80. The normalized spacial score (nSPS) is 22.3. The van der Waals surface area contributed by atoms with Crippen LogP contribution in [0, 0.1) is 5.92 Å². The van der Waals surface area contributed by atoms with E-state index in [9.17, 15) is 9.90 Å². The van der Waals surface area contributed by atoms with E-state index in [1.165, 1.54) is 0 Å². The predicted octanol–water partition coefficient (Wildman–Crippen LogP) is 1.60. The number of rotatable bonds is 6. The van der Waals surface area contributed by atoms with Crippen LogP contribution in [0.25, 0.3) is 0 Å². The van der Waals surface area contributed by atoms with Gasteiger partial charge in [0.1, 0.15) is 12.4 Å². The second-order valence-corrected chi connectivity index (χ2v) is 5.50. The minimum atomic E-state index is -0.416. The predicted molar refractivity (Wildman–Crippen MR) is 77.7 cm³/mol. The fraction of sp³-hybridized carbons (Fsp3) is 0.667. The van der Waals surface area contributed by atoms with Gasteiger partial charge >= 0.3 is 6.03 Å². The molecule has 0 spiro atoms. The molecule has 0 aromatic carbocycles. The Labute approximate surface area is 125 Å². The maximum Gasteiger partial charge on any atom is 0.317 e. The third-order valence-electron chi connectivity index (χ3n) is 3.77. The molecular weight excluding hydrogens is 272 g/mol. The van der Waals surface area contributed by atoms with Crippen LogP contribution in [0.5, 0.6) is 0 Å². The van der Waals surface area contributed by atoms with Crippen molar-refractivity contribution < 1.29 is 19.1 Å². The van der Waals surface area contributed by atoms with Gasteiger partial charge in [0.15, 0.2) is 0 Å². The standard InChI is InChI=1S/C15H24N2O4/c1-12-5-7-17(10-14(12)18)15(19)16-6-3-8-20-11-13-4-2-9-21-13/h2,4,9,12,14,18H,3,5-8,10-11H2,1H3,(H,16,19). The number of amides is 2. The fourth-order valence-corrected chi connectivity index (χ4v) is 2.28. The number of hydrogen-bond acceptors (Lipinski definition) is 4. The average Bonchev–Trinajstić information content (AvgIpc) is 2.98. The second kappa shape index (κ2) is 8.05. The van der Waals surface area contributed by atoms with Crippen molar-refractivity contribution in [1.82, 2.24) is 10.2 Å². The Hall–Kier alpha value is -1.53. The molecular formula is C15H24N2O4. The van der Waals surface area contributed by atoms with Crippen molar-refractivity contribution >= 4 is 6.03 Å². The van der Waals surface area contributed by atoms with Crippen LogP contribution >= 0.6 is 0 Å². The lowest BCUT2D eigenvalue weighted by molar-refractivity contribution is 0.0433. The Morgan fingerprint density at radius 2 is 2.48 bits per heavy atom. The number of nitrogens with one attached hydrogen (secondary N) is 1. The van der Waals surface area contributed by atoms with Gasteiger partial charge in [0.25, 0.3) is 0 Å². The van der Waals surface area contributed by atoms with Crippen LogP contribution in [0.2, 0.25) is 0 Å². The quantitative estimate of drug-likeness (QED) is 0.782. The molecule has 1 aromatic rings. The van der Waals surface area contributed by atoms with E-state index >= 15 is 0 Å². The zero-order chi connectivity index (χ0) is 15.1. The van der Waals surface area contributed by atoms with E-state index in [0.29, 0.717) is 32.8 Å². The molecule has 118 valence electrons. The third-order valence-corrected chi connectivity index (χ3v) is 3.77. The van der Waals surface area contributed by atoms with E-state index < -0.39 is 6.10 Å². The Morgan fingerprint density at radius 1 is 1.62 bits per heavy atom. The largest absolute Gasteiger partial charge is 0.467 e. The SMILES string of the molecule is CC1CCN(C(=O)NCCCOCc2ccco2)CC1O. The molecule has 2 rings (SSSR count). The Kier molecular flexibility index (Phi) is 6.07. The number of aliphatic hydroxyl groups excluding tert-OH is 1. The molecule has 2 unspecified atom stereocenters. The summed E-state index contributed by atoms with van der Waals surface area (Å²) in [6, 6.07) is 3.59. The lowest BCUT2D eigenvalue weighted by atomic mass is 9.96. The van der Waals surface area contributed by atoms with E-state index in [1.807, 2.05) is 19.1 Å².